The topological polar surface area (TPSA) is 29.5 Å². The van der Waals surface area contributed by atoms with Crippen molar-refractivity contribution in [2.45, 2.75) is 76.2 Å². The van der Waals surface area contributed by atoms with Crippen LogP contribution in [0.15, 0.2) is 12.2 Å². The van der Waals surface area contributed by atoms with Crippen molar-refractivity contribution in [2.24, 2.45) is 5.92 Å². The summed E-state index contributed by atoms with van der Waals surface area (Å²) >= 11 is 0. The van der Waals surface area contributed by atoms with Gasteiger partial charge in [-0.25, -0.2) is 0 Å². The van der Waals surface area contributed by atoms with E-state index in [4.69, 9.17) is 4.43 Å². The molecule has 3 fully saturated rings. The fourth-order valence-corrected chi connectivity index (χ4v) is 5.63. The number of Topliss-reactive ketones (excluding diaryl/α,β-unsaturated/α-hetero) is 1. The highest BCUT2D eigenvalue weighted by Crippen LogP contribution is 2.50. The van der Waals surface area contributed by atoms with Gasteiger partial charge in [0.05, 0.1) is 6.10 Å². The van der Waals surface area contributed by atoms with Crippen molar-refractivity contribution in [3.05, 3.63) is 12.2 Å². The molecule has 3 atom stereocenters. The Bertz CT molecular complexity index is 508. The second kappa shape index (κ2) is 5.02. The summed E-state index contributed by atoms with van der Waals surface area (Å²) in [5, 5.41) is 0.252. The molecule has 1 spiro atoms. The van der Waals surface area contributed by atoms with E-state index in [2.05, 4.69) is 45.3 Å². The summed E-state index contributed by atoms with van der Waals surface area (Å²) in [7, 11) is -1.73. The van der Waals surface area contributed by atoms with Gasteiger partial charge in [0, 0.05) is 31.0 Å². The summed E-state index contributed by atoms with van der Waals surface area (Å²) in [6.45, 7) is 17.7. The molecule has 4 heteroatoms. The quantitative estimate of drug-likeness (QED) is 0.573. The first kappa shape index (κ1) is 16.4. The third-order valence-corrected chi connectivity index (χ3v) is 11.2. The number of hydrogen-bond donors (Lipinski definition) is 0. The number of hydrogen-bond acceptors (Lipinski definition) is 3. The molecule has 1 saturated carbocycles. The van der Waals surface area contributed by atoms with Crippen LogP contribution >= 0.6 is 0 Å². The third-order valence-electron chi connectivity index (χ3n) is 6.67. The van der Waals surface area contributed by atoms with Crippen LogP contribution in [0.3, 0.4) is 0 Å². The molecule has 3 aliphatic rings. The number of rotatable bonds is 2. The molecule has 2 saturated heterocycles. The van der Waals surface area contributed by atoms with E-state index < -0.39 is 8.32 Å². The molecule has 0 aromatic heterocycles. The van der Waals surface area contributed by atoms with Crippen molar-refractivity contribution in [3.8, 4) is 0 Å². The van der Waals surface area contributed by atoms with Crippen molar-refractivity contribution >= 4 is 14.1 Å². The number of fused-ring (bicyclic) bond motifs is 1. The molecule has 3 nitrogen and oxygen atoms in total. The zero-order valence-electron chi connectivity index (χ0n) is 14.9. The number of carbonyl (C=O) groups excluding carboxylic acids is 1. The van der Waals surface area contributed by atoms with Crippen LogP contribution in [0.1, 0.15) is 46.5 Å². The zero-order chi connectivity index (χ0) is 16.3. The molecular weight excluding hydrogens is 290 g/mol. The molecular formula is C18H31NO2Si. The molecule has 0 N–H and O–H groups in total. The highest BCUT2D eigenvalue weighted by atomic mass is 28.4. The summed E-state index contributed by atoms with van der Waals surface area (Å²) in [5.74, 6) is 0.542. The molecule has 0 radical (unpaired) electrons. The van der Waals surface area contributed by atoms with Gasteiger partial charge in [-0.15, -0.1) is 0 Å². The zero-order valence-corrected chi connectivity index (χ0v) is 15.9. The van der Waals surface area contributed by atoms with E-state index in [0.717, 1.165) is 44.3 Å². The highest BCUT2D eigenvalue weighted by Gasteiger charge is 2.55. The van der Waals surface area contributed by atoms with Crippen LogP contribution in [0.2, 0.25) is 18.1 Å². The largest absolute Gasteiger partial charge is 0.413 e. The maximum Gasteiger partial charge on any atom is 0.192 e. The Hall–Kier alpha value is -0.453. The van der Waals surface area contributed by atoms with Gasteiger partial charge in [0.25, 0.3) is 0 Å². The highest BCUT2D eigenvalue weighted by molar-refractivity contribution is 6.74. The molecule has 124 valence electrons. The van der Waals surface area contributed by atoms with E-state index in [1.54, 1.807) is 0 Å². The van der Waals surface area contributed by atoms with Crippen LogP contribution in [0.5, 0.6) is 0 Å². The standard InChI is InChI=1S/C18H31NO2Si/c1-13-11-19-12-14(21-22(5,6)17(2,3)4)9-18(19)8-7-16(20)15(13)10-18/h14-15H,1,7-12H2,2-6H3/t14-,15-,18-/m1/s1. The van der Waals surface area contributed by atoms with Crippen LogP contribution < -0.4 is 0 Å². The van der Waals surface area contributed by atoms with Gasteiger partial charge in [0.15, 0.2) is 8.32 Å². The summed E-state index contributed by atoms with van der Waals surface area (Å²) in [6.07, 6.45) is 4.18. The van der Waals surface area contributed by atoms with Gasteiger partial charge in [-0.3, -0.25) is 9.69 Å². The van der Waals surface area contributed by atoms with E-state index in [1.807, 2.05) is 0 Å². The number of piperidine rings is 1. The molecule has 1 aliphatic carbocycles. The van der Waals surface area contributed by atoms with E-state index in [0.29, 0.717) is 11.9 Å². The Labute approximate surface area is 136 Å². The lowest BCUT2D eigenvalue weighted by molar-refractivity contribution is -0.128. The second-order valence-corrected chi connectivity index (χ2v) is 13.9. The van der Waals surface area contributed by atoms with Gasteiger partial charge in [0.1, 0.15) is 5.78 Å². The van der Waals surface area contributed by atoms with Crippen molar-refractivity contribution in [1.29, 1.82) is 0 Å². The predicted molar refractivity (Wildman–Crippen MR) is 92.5 cm³/mol. The molecule has 0 unspecified atom stereocenters. The first-order chi connectivity index (χ1) is 10.0. The van der Waals surface area contributed by atoms with E-state index in [-0.39, 0.29) is 16.5 Å². The van der Waals surface area contributed by atoms with Crippen LogP contribution in [0.4, 0.5) is 0 Å². The normalized spacial score (nSPS) is 36.6. The monoisotopic (exact) mass is 321 g/mol. The van der Waals surface area contributed by atoms with Gasteiger partial charge in [-0.1, -0.05) is 32.9 Å². The van der Waals surface area contributed by atoms with Crippen molar-refractivity contribution in [1.82, 2.24) is 4.90 Å². The van der Waals surface area contributed by atoms with Crippen LogP contribution in [-0.4, -0.2) is 43.7 Å². The Kier molecular flexibility index (Phi) is 3.74. The lowest BCUT2D eigenvalue weighted by Gasteiger charge is -2.49. The third kappa shape index (κ3) is 2.53. The summed E-state index contributed by atoms with van der Waals surface area (Å²) in [6, 6.07) is 0. The smallest absolute Gasteiger partial charge is 0.192 e. The summed E-state index contributed by atoms with van der Waals surface area (Å²) in [5.41, 5.74) is 1.35. The minimum Gasteiger partial charge on any atom is -0.413 e. The fraction of sp³-hybridized carbons (Fsp3) is 0.833. The van der Waals surface area contributed by atoms with Gasteiger partial charge in [0.2, 0.25) is 0 Å². The molecule has 22 heavy (non-hydrogen) atoms. The minimum atomic E-state index is -1.73. The van der Waals surface area contributed by atoms with Crippen LogP contribution in [0.25, 0.3) is 0 Å². The molecule has 0 aromatic carbocycles. The Morgan fingerprint density at radius 3 is 2.64 bits per heavy atom. The maximum atomic E-state index is 12.1. The Balaban J connectivity index is 1.76. The van der Waals surface area contributed by atoms with Gasteiger partial charge in [-0.2, -0.15) is 0 Å². The average molecular weight is 322 g/mol. The maximum absolute atomic E-state index is 12.1. The first-order valence-electron chi connectivity index (χ1n) is 8.67. The van der Waals surface area contributed by atoms with E-state index in [1.165, 1.54) is 0 Å². The summed E-state index contributed by atoms with van der Waals surface area (Å²) < 4.78 is 6.69. The average Bonchev–Trinajstić information content (AvgIpc) is 2.69. The lowest BCUT2D eigenvalue weighted by Crippen LogP contribution is -2.55. The van der Waals surface area contributed by atoms with Crippen molar-refractivity contribution in [2.75, 3.05) is 13.1 Å². The van der Waals surface area contributed by atoms with Gasteiger partial charge < -0.3 is 4.43 Å². The molecule has 2 bridgehead atoms. The van der Waals surface area contributed by atoms with Crippen molar-refractivity contribution < 1.29 is 9.22 Å². The Morgan fingerprint density at radius 2 is 2.00 bits per heavy atom. The van der Waals surface area contributed by atoms with Gasteiger partial charge in [-0.05, 0) is 37.4 Å². The number of ketones is 1. The van der Waals surface area contributed by atoms with E-state index in [9.17, 15) is 4.79 Å². The molecule has 0 amide bonds. The van der Waals surface area contributed by atoms with Crippen LogP contribution in [-0.2, 0) is 9.22 Å². The van der Waals surface area contributed by atoms with E-state index >= 15 is 0 Å². The number of carbonyl (C=O) groups is 1. The Morgan fingerprint density at radius 1 is 1.32 bits per heavy atom. The second-order valence-electron chi connectivity index (χ2n) is 9.19. The molecule has 3 rings (SSSR count). The molecule has 0 aromatic rings. The summed E-state index contributed by atoms with van der Waals surface area (Å²) in [4.78, 5) is 14.7. The predicted octanol–water partition coefficient (Wildman–Crippen LogP) is 3.76. The van der Waals surface area contributed by atoms with Gasteiger partial charge >= 0.3 is 0 Å². The fourth-order valence-electron chi connectivity index (χ4n) is 4.29. The minimum absolute atomic E-state index is 0.122. The lowest BCUT2D eigenvalue weighted by atomic mass is 9.68. The van der Waals surface area contributed by atoms with Crippen LogP contribution in [0, 0.1) is 5.92 Å². The SMILES string of the molecule is C=C1CN2C[C@H](O[Si](C)(C)C(C)(C)C)C[C@@]23CCC(=O)[C@@H]1C3. The van der Waals surface area contributed by atoms with Crippen molar-refractivity contribution in [3.63, 3.8) is 0 Å². The number of nitrogens with zero attached hydrogens (tertiary/aromatic N) is 1. The first-order valence-corrected chi connectivity index (χ1v) is 11.6. The molecule has 2 heterocycles. The molecule has 2 aliphatic heterocycles.